The number of rotatable bonds is 11. The second-order valence-corrected chi connectivity index (χ2v) is 9.05. The summed E-state index contributed by atoms with van der Waals surface area (Å²) in [6, 6.07) is 22.4. The Bertz CT molecular complexity index is 1170. The Hall–Kier alpha value is -3.52. The summed E-state index contributed by atoms with van der Waals surface area (Å²) in [5.74, 6) is 0.676. The first-order valence-electron chi connectivity index (χ1n) is 10.7. The van der Waals surface area contributed by atoms with Gasteiger partial charge < -0.3 is 14.8 Å². The Kier molecular flexibility index (Phi) is 8.32. The van der Waals surface area contributed by atoms with Crippen LogP contribution in [0, 0.1) is 6.92 Å². The van der Waals surface area contributed by atoms with Gasteiger partial charge in [0.1, 0.15) is 24.7 Å². The maximum Gasteiger partial charge on any atom is 0.264 e. The third-order valence-electron chi connectivity index (χ3n) is 4.83. The molecule has 0 atom stereocenters. The molecule has 0 saturated carbocycles. The van der Waals surface area contributed by atoms with E-state index in [0.717, 1.165) is 15.6 Å². The third-order valence-corrected chi connectivity index (χ3v) is 6.60. The number of hydrogen-bond acceptors (Lipinski definition) is 5. The summed E-state index contributed by atoms with van der Waals surface area (Å²) in [6.07, 6.45) is 0. The zero-order chi connectivity index (χ0) is 23.7. The van der Waals surface area contributed by atoms with Crippen molar-refractivity contribution in [1.29, 1.82) is 0 Å². The lowest BCUT2D eigenvalue weighted by molar-refractivity contribution is -0.119. The first-order chi connectivity index (χ1) is 15.9. The first kappa shape index (κ1) is 24.1. The number of ether oxygens (including phenoxy) is 2. The minimum Gasteiger partial charge on any atom is -0.492 e. The van der Waals surface area contributed by atoms with Gasteiger partial charge >= 0.3 is 0 Å². The van der Waals surface area contributed by atoms with Gasteiger partial charge in [0.2, 0.25) is 5.91 Å². The smallest absolute Gasteiger partial charge is 0.264 e. The van der Waals surface area contributed by atoms with Crippen molar-refractivity contribution in [2.75, 3.05) is 30.6 Å². The molecular weight excluding hydrogens is 440 g/mol. The second-order valence-electron chi connectivity index (χ2n) is 7.19. The summed E-state index contributed by atoms with van der Waals surface area (Å²) < 4.78 is 39.3. The molecule has 0 radical (unpaired) electrons. The Balaban J connectivity index is 1.76. The van der Waals surface area contributed by atoms with Crippen LogP contribution in [-0.2, 0) is 14.8 Å². The van der Waals surface area contributed by atoms with Gasteiger partial charge in [-0.1, -0.05) is 48.5 Å². The van der Waals surface area contributed by atoms with E-state index in [4.69, 9.17) is 9.47 Å². The van der Waals surface area contributed by atoms with Gasteiger partial charge in [0.15, 0.2) is 0 Å². The van der Waals surface area contributed by atoms with E-state index in [1.165, 1.54) is 12.1 Å². The van der Waals surface area contributed by atoms with Gasteiger partial charge in [0.05, 0.1) is 23.7 Å². The molecule has 1 N–H and O–H groups in total. The van der Waals surface area contributed by atoms with Crippen LogP contribution in [0.25, 0.3) is 0 Å². The van der Waals surface area contributed by atoms with Crippen molar-refractivity contribution in [3.05, 3.63) is 84.4 Å². The highest BCUT2D eigenvalue weighted by molar-refractivity contribution is 7.92. The highest BCUT2D eigenvalue weighted by Gasteiger charge is 2.29. The molecule has 8 heteroatoms. The summed E-state index contributed by atoms with van der Waals surface area (Å²) in [7, 11) is -4.01. The number of aryl methyl sites for hydroxylation is 1. The van der Waals surface area contributed by atoms with Crippen LogP contribution in [0.2, 0.25) is 0 Å². The van der Waals surface area contributed by atoms with E-state index in [-0.39, 0.29) is 18.0 Å². The maximum atomic E-state index is 13.4. The molecule has 0 aromatic heterocycles. The fraction of sp³-hybridized carbons (Fsp3) is 0.240. The number of hydrogen-bond donors (Lipinski definition) is 1. The van der Waals surface area contributed by atoms with Crippen LogP contribution in [0.5, 0.6) is 11.5 Å². The van der Waals surface area contributed by atoms with Crippen LogP contribution in [0.15, 0.2) is 83.8 Å². The molecule has 174 valence electrons. The van der Waals surface area contributed by atoms with Gasteiger partial charge in [-0.2, -0.15) is 0 Å². The van der Waals surface area contributed by atoms with E-state index in [0.29, 0.717) is 18.0 Å². The molecular formula is C25H28N2O5S. The number of anilines is 1. The summed E-state index contributed by atoms with van der Waals surface area (Å²) >= 11 is 0. The lowest BCUT2D eigenvalue weighted by Crippen LogP contribution is -2.42. The van der Waals surface area contributed by atoms with Gasteiger partial charge in [-0.15, -0.1) is 0 Å². The summed E-state index contributed by atoms with van der Waals surface area (Å²) in [5.41, 5.74) is 1.30. The fourth-order valence-electron chi connectivity index (χ4n) is 3.22. The van der Waals surface area contributed by atoms with Gasteiger partial charge in [-0.25, -0.2) is 8.42 Å². The van der Waals surface area contributed by atoms with Crippen LogP contribution in [0.1, 0.15) is 12.5 Å². The summed E-state index contributed by atoms with van der Waals surface area (Å²) in [6.45, 7) is 4.21. The van der Waals surface area contributed by atoms with Gasteiger partial charge in [-0.3, -0.25) is 9.10 Å². The molecule has 33 heavy (non-hydrogen) atoms. The molecule has 0 aliphatic heterocycles. The fourth-order valence-corrected chi connectivity index (χ4v) is 4.67. The molecule has 7 nitrogen and oxygen atoms in total. The SMILES string of the molecule is CCOc1ccccc1N(CC(=O)NCCOc1ccccc1C)S(=O)(=O)c1ccccc1. The van der Waals surface area contributed by atoms with Crippen molar-refractivity contribution in [3.63, 3.8) is 0 Å². The molecule has 0 bridgehead atoms. The van der Waals surface area contributed by atoms with E-state index in [9.17, 15) is 13.2 Å². The number of nitrogens with zero attached hydrogens (tertiary/aromatic N) is 1. The van der Waals surface area contributed by atoms with Crippen LogP contribution in [0.4, 0.5) is 5.69 Å². The maximum absolute atomic E-state index is 13.4. The average molecular weight is 469 g/mol. The van der Waals surface area contributed by atoms with Gasteiger partial charge in [0.25, 0.3) is 10.0 Å². The van der Waals surface area contributed by atoms with Crippen LogP contribution >= 0.6 is 0 Å². The van der Waals surface area contributed by atoms with Crippen molar-refractivity contribution in [2.24, 2.45) is 0 Å². The van der Waals surface area contributed by atoms with E-state index >= 15 is 0 Å². The Labute approximate surface area is 195 Å². The number of sulfonamides is 1. The van der Waals surface area contributed by atoms with Gasteiger partial charge in [0, 0.05) is 0 Å². The lowest BCUT2D eigenvalue weighted by Gasteiger charge is -2.26. The molecule has 0 fully saturated rings. The summed E-state index contributed by atoms with van der Waals surface area (Å²) in [4.78, 5) is 12.8. The number of nitrogens with one attached hydrogen (secondary N) is 1. The lowest BCUT2D eigenvalue weighted by atomic mass is 10.2. The summed E-state index contributed by atoms with van der Waals surface area (Å²) in [5, 5.41) is 2.74. The Morgan fingerprint density at radius 2 is 1.52 bits per heavy atom. The highest BCUT2D eigenvalue weighted by Crippen LogP contribution is 2.32. The normalized spacial score (nSPS) is 11.0. The number of amides is 1. The minimum atomic E-state index is -4.01. The van der Waals surface area contributed by atoms with Crippen molar-refractivity contribution in [3.8, 4) is 11.5 Å². The second kappa shape index (κ2) is 11.4. The molecule has 0 unspecified atom stereocenters. The van der Waals surface area contributed by atoms with Crippen molar-refractivity contribution in [2.45, 2.75) is 18.7 Å². The Morgan fingerprint density at radius 3 is 2.21 bits per heavy atom. The van der Waals surface area contributed by atoms with E-state index in [1.807, 2.05) is 38.1 Å². The standard InChI is InChI=1S/C25H28N2O5S/c1-3-31-24-16-10-8-14-22(24)27(33(29,30)21-12-5-4-6-13-21)19-25(28)26-17-18-32-23-15-9-7-11-20(23)2/h4-16H,3,17-19H2,1-2H3,(H,26,28). The molecule has 3 rings (SSSR count). The molecule has 3 aromatic carbocycles. The highest BCUT2D eigenvalue weighted by atomic mass is 32.2. The predicted octanol–water partition coefficient (Wildman–Crippen LogP) is 3.78. The zero-order valence-corrected chi connectivity index (χ0v) is 19.5. The molecule has 0 aliphatic carbocycles. The van der Waals surface area contributed by atoms with Crippen LogP contribution in [-0.4, -0.2) is 40.6 Å². The monoisotopic (exact) mass is 468 g/mol. The molecule has 0 aliphatic rings. The first-order valence-corrected chi connectivity index (χ1v) is 12.1. The average Bonchev–Trinajstić information content (AvgIpc) is 2.82. The van der Waals surface area contributed by atoms with E-state index in [2.05, 4.69) is 5.32 Å². The number of benzene rings is 3. The molecule has 0 heterocycles. The molecule has 3 aromatic rings. The predicted molar refractivity (Wildman–Crippen MR) is 128 cm³/mol. The van der Waals surface area contributed by atoms with Crippen LogP contribution < -0.4 is 19.1 Å². The minimum absolute atomic E-state index is 0.0898. The molecule has 1 amide bonds. The number of para-hydroxylation sites is 3. The van der Waals surface area contributed by atoms with E-state index in [1.54, 1.807) is 42.5 Å². The third kappa shape index (κ3) is 6.26. The topological polar surface area (TPSA) is 84.9 Å². The quantitative estimate of drug-likeness (QED) is 0.433. The van der Waals surface area contributed by atoms with Crippen LogP contribution in [0.3, 0.4) is 0 Å². The molecule has 0 saturated heterocycles. The Morgan fingerprint density at radius 1 is 0.879 bits per heavy atom. The largest absolute Gasteiger partial charge is 0.492 e. The van der Waals surface area contributed by atoms with E-state index < -0.39 is 22.5 Å². The molecule has 0 spiro atoms. The number of carbonyl (C=O) groups excluding carboxylic acids is 1. The van der Waals surface area contributed by atoms with Crippen molar-refractivity contribution >= 4 is 21.6 Å². The van der Waals surface area contributed by atoms with Crippen molar-refractivity contribution in [1.82, 2.24) is 5.32 Å². The van der Waals surface area contributed by atoms with Crippen molar-refractivity contribution < 1.29 is 22.7 Å². The number of carbonyl (C=O) groups is 1. The zero-order valence-electron chi connectivity index (χ0n) is 18.7. The van der Waals surface area contributed by atoms with Gasteiger partial charge in [-0.05, 0) is 49.7 Å².